The van der Waals surface area contributed by atoms with E-state index in [0.29, 0.717) is 6.42 Å². The first-order valence-electron chi connectivity index (χ1n) is 5.69. The van der Waals surface area contributed by atoms with Gasteiger partial charge < -0.3 is 10.5 Å². The summed E-state index contributed by atoms with van der Waals surface area (Å²) in [6, 6.07) is 6.52. The Morgan fingerprint density at radius 1 is 1.20 bits per heavy atom. The summed E-state index contributed by atoms with van der Waals surface area (Å²) in [5.74, 6) is -1.81. The van der Waals surface area contributed by atoms with E-state index in [1.807, 2.05) is 6.07 Å². The minimum Gasteiger partial charge on any atom is -0.477 e. The smallest absolute Gasteiger partial charge is 0.451 e. The largest absolute Gasteiger partial charge is 0.477 e. The summed E-state index contributed by atoms with van der Waals surface area (Å²) in [5.41, 5.74) is 6.06. The number of anilines is 1. The van der Waals surface area contributed by atoms with Crippen LogP contribution in [0.1, 0.15) is 11.5 Å². The fraction of sp³-hybridized carbons (Fsp3) is 0.250. The van der Waals surface area contributed by atoms with Crippen molar-refractivity contribution in [2.24, 2.45) is 0 Å². The highest BCUT2D eigenvalue weighted by Gasteiger charge is 2.35. The first-order chi connectivity index (χ1) is 9.45. The molecule has 0 aliphatic heterocycles. The Bertz CT molecular complexity index is 575. The van der Waals surface area contributed by atoms with Crippen molar-refractivity contribution in [2.75, 3.05) is 12.3 Å². The number of alkyl halides is 3. The Balaban J connectivity index is 2.01. The Morgan fingerprint density at radius 2 is 2.00 bits per heavy atom. The van der Waals surface area contributed by atoms with Crippen LogP contribution < -0.4 is 10.5 Å². The highest BCUT2D eigenvalue weighted by Crippen LogP contribution is 2.28. The summed E-state index contributed by atoms with van der Waals surface area (Å²) in [6.45, 7) is 0.144. The number of hydrogen-bond donors (Lipinski definition) is 1. The lowest BCUT2D eigenvalue weighted by molar-refractivity contribution is -0.145. The van der Waals surface area contributed by atoms with Gasteiger partial charge in [-0.25, -0.2) is 4.98 Å². The molecule has 0 saturated carbocycles. The van der Waals surface area contributed by atoms with E-state index in [4.69, 9.17) is 10.5 Å². The number of pyridine rings is 1. The number of nitrogen functional groups attached to an aromatic ring is 1. The minimum absolute atomic E-state index is 0.144. The molecule has 0 radical (unpaired) electrons. The van der Waals surface area contributed by atoms with Crippen LogP contribution in [0.2, 0.25) is 0 Å². The molecule has 0 unspecified atom stereocenters. The highest BCUT2D eigenvalue weighted by atomic mass is 19.4. The molecule has 0 aliphatic rings. The van der Waals surface area contributed by atoms with Crippen molar-refractivity contribution in [3.05, 3.63) is 42.0 Å². The fourth-order valence-electron chi connectivity index (χ4n) is 1.45. The molecule has 0 atom stereocenters. The maximum absolute atomic E-state index is 12.5. The Hall–Kier alpha value is -2.38. The molecule has 2 heterocycles. The number of nitrogens with zero attached hydrogens (tertiary/aromatic N) is 3. The Kier molecular flexibility index (Phi) is 4.02. The van der Waals surface area contributed by atoms with Gasteiger partial charge in [-0.15, -0.1) is 0 Å². The minimum atomic E-state index is -4.66. The molecule has 8 heteroatoms. The molecule has 0 saturated heterocycles. The number of nitrogens with two attached hydrogens (primary N) is 1. The van der Waals surface area contributed by atoms with Gasteiger partial charge in [0.15, 0.2) is 0 Å². The van der Waals surface area contributed by atoms with Gasteiger partial charge in [0.25, 0.3) is 0 Å². The molecule has 0 aromatic carbocycles. The second-order valence-corrected chi connectivity index (χ2v) is 3.87. The van der Waals surface area contributed by atoms with Crippen molar-refractivity contribution in [1.82, 2.24) is 15.0 Å². The van der Waals surface area contributed by atoms with Crippen LogP contribution in [-0.2, 0) is 12.6 Å². The van der Waals surface area contributed by atoms with Crippen LogP contribution in [0.25, 0.3) is 0 Å². The molecule has 0 aliphatic carbocycles. The average Bonchev–Trinajstić information content (AvgIpc) is 2.38. The second kappa shape index (κ2) is 5.72. The first-order valence-corrected chi connectivity index (χ1v) is 5.69. The zero-order chi connectivity index (χ0) is 14.6. The molecule has 0 bridgehead atoms. The van der Waals surface area contributed by atoms with E-state index in [1.54, 1.807) is 18.3 Å². The third-order valence-corrected chi connectivity index (χ3v) is 2.31. The van der Waals surface area contributed by atoms with Gasteiger partial charge in [0, 0.05) is 24.4 Å². The summed E-state index contributed by atoms with van der Waals surface area (Å²) in [4.78, 5) is 10.5. The number of rotatable bonds is 4. The molecule has 0 spiro atoms. The van der Waals surface area contributed by atoms with Crippen molar-refractivity contribution in [1.29, 1.82) is 0 Å². The molecular weight excluding hydrogens is 273 g/mol. The van der Waals surface area contributed by atoms with E-state index >= 15 is 0 Å². The van der Waals surface area contributed by atoms with Crippen molar-refractivity contribution < 1.29 is 17.9 Å². The number of aromatic nitrogens is 3. The van der Waals surface area contributed by atoms with Gasteiger partial charge in [0.05, 0.1) is 6.61 Å². The van der Waals surface area contributed by atoms with Gasteiger partial charge in [0.1, 0.15) is 5.82 Å². The van der Waals surface area contributed by atoms with Crippen molar-refractivity contribution in [3.63, 3.8) is 0 Å². The first kappa shape index (κ1) is 14.0. The quantitative estimate of drug-likeness (QED) is 0.930. The molecule has 2 aromatic rings. The molecule has 2 aromatic heterocycles. The lowest BCUT2D eigenvalue weighted by atomic mass is 10.3. The Labute approximate surface area is 112 Å². The molecule has 2 N–H and O–H groups in total. The van der Waals surface area contributed by atoms with Gasteiger partial charge in [0.2, 0.25) is 11.7 Å². The molecule has 2 rings (SSSR count). The maximum Gasteiger partial charge on any atom is 0.451 e. The van der Waals surface area contributed by atoms with Gasteiger partial charge in [-0.05, 0) is 12.1 Å². The van der Waals surface area contributed by atoms with Crippen LogP contribution in [0, 0.1) is 0 Å². The number of ether oxygens (including phenoxy) is 1. The van der Waals surface area contributed by atoms with Crippen LogP contribution >= 0.6 is 0 Å². The fourth-order valence-corrected chi connectivity index (χ4v) is 1.45. The normalized spacial score (nSPS) is 11.3. The number of hydrogen-bond acceptors (Lipinski definition) is 5. The third-order valence-electron chi connectivity index (χ3n) is 2.31. The molecule has 106 valence electrons. The summed E-state index contributed by atoms with van der Waals surface area (Å²) in [5, 5.41) is 0. The molecule has 0 amide bonds. The van der Waals surface area contributed by atoms with Crippen LogP contribution in [0.4, 0.5) is 19.0 Å². The molecular formula is C12H11F3N4O. The Morgan fingerprint density at radius 3 is 2.65 bits per heavy atom. The maximum atomic E-state index is 12.5. The summed E-state index contributed by atoms with van der Waals surface area (Å²) < 4.78 is 42.6. The van der Waals surface area contributed by atoms with E-state index in [-0.39, 0.29) is 18.3 Å². The van der Waals surface area contributed by atoms with Gasteiger partial charge in [-0.1, -0.05) is 6.07 Å². The van der Waals surface area contributed by atoms with Crippen LogP contribution in [-0.4, -0.2) is 21.6 Å². The van der Waals surface area contributed by atoms with Crippen molar-refractivity contribution >= 4 is 5.82 Å². The van der Waals surface area contributed by atoms with Gasteiger partial charge in [-0.2, -0.15) is 18.2 Å². The monoisotopic (exact) mass is 284 g/mol. The van der Waals surface area contributed by atoms with Crippen molar-refractivity contribution in [3.8, 4) is 5.88 Å². The van der Waals surface area contributed by atoms with E-state index in [0.717, 1.165) is 11.8 Å². The van der Waals surface area contributed by atoms with E-state index in [9.17, 15) is 13.2 Å². The van der Waals surface area contributed by atoms with E-state index in [2.05, 4.69) is 15.0 Å². The van der Waals surface area contributed by atoms with Crippen LogP contribution in [0.3, 0.4) is 0 Å². The SMILES string of the molecule is Nc1cc(OCCc2ccccn2)nc(C(F)(F)F)n1. The number of halogens is 3. The highest BCUT2D eigenvalue weighted by molar-refractivity contribution is 5.33. The predicted molar refractivity (Wildman–Crippen MR) is 64.9 cm³/mol. The van der Waals surface area contributed by atoms with Crippen molar-refractivity contribution in [2.45, 2.75) is 12.6 Å². The second-order valence-electron chi connectivity index (χ2n) is 3.87. The third kappa shape index (κ3) is 3.81. The van der Waals surface area contributed by atoms with Gasteiger partial charge >= 0.3 is 6.18 Å². The standard InChI is InChI=1S/C12H11F3N4O/c13-12(14,15)11-18-9(16)7-10(19-11)20-6-4-8-3-1-2-5-17-8/h1-3,5,7H,4,6H2,(H2,16,18,19). The van der Waals surface area contributed by atoms with E-state index in [1.165, 1.54) is 0 Å². The zero-order valence-electron chi connectivity index (χ0n) is 10.3. The zero-order valence-corrected chi connectivity index (χ0v) is 10.3. The average molecular weight is 284 g/mol. The summed E-state index contributed by atoms with van der Waals surface area (Å²) in [7, 11) is 0. The van der Waals surface area contributed by atoms with E-state index < -0.39 is 12.0 Å². The van der Waals surface area contributed by atoms with Crippen LogP contribution in [0.5, 0.6) is 5.88 Å². The molecule has 5 nitrogen and oxygen atoms in total. The lowest BCUT2D eigenvalue weighted by Gasteiger charge is -2.09. The predicted octanol–water partition coefficient (Wildman–Crippen LogP) is 2.09. The van der Waals surface area contributed by atoms with Crippen LogP contribution in [0.15, 0.2) is 30.5 Å². The summed E-state index contributed by atoms with van der Waals surface area (Å²) >= 11 is 0. The topological polar surface area (TPSA) is 73.9 Å². The molecule has 20 heavy (non-hydrogen) atoms. The molecule has 0 fully saturated rings. The lowest BCUT2D eigenvalue weighted by Crippen LogP contribution is -2.14. The summed E-state index contributed by atoms with van der Waals surface area (Å²) in [6.07, 6.45) is -2.58. The van der Waals surface area contributed by atoms with Gasteiger partial charge in [-0.3, -0.25) is 4.98 Å².